The van der Waals surface area contributed by atoms with E-state index in [1.165, 1.54) is 0 Å². The summed E-state index contributed by atoms with van der Waals surface area (Å²) in [5.41, 5.74) is 1.28. The maximum absolute atomic E-state index is 12.7. The smallest absolute Gasteiger partial charge is 0.271 e. The molecule has 1 unspecified atom stereocenters. The van der Waals surface area contributed by atoms with Gasteiger partial charge >= 0.3 is 0 Å². The number of amides is 2. The third-order valence-electron chi connectivity index (χ3n) is 4.70. The predicted octanol–water partition coefficient (Wildman–Crippen LogP) is 1.43. The van der Waals surface area contributed by atoms with Crippen LogP contribution < -0.4 is 5.32 Å². The second kappa shape index (κ2) is 7.15. The second-order valence-electron chi connectivity index (χ2n) is 8.15. The lowest BCUT2D eigenvalue weighted by atomic mass is 9.97. The quantitative estimate of drug-likeness (QED) is 0.896. The minimum absolute atomic E-state index is 0.0107. The lowest BCUT2D eigenvalue weighted by Crippen LogP contribution is -2.37. The Morgan fingerprint density at radius 2 is 2.16 bits per heavy atom. The molecule has 0 spiro atoms. The molecule has 0 aliphatic carbocycles. The Labute approximate surface area is 148 Å². The molecule has 2 aliphatic heterocycles. The summed E-state index contributed by atoms with van der Waals surface area (Å²) in [6.07, 6.45) is 3.37. The zero-order chi connectivity index (χ0) is 18.0. The van der Waals surface area contributed by atoms with Crippen LogP contribution in [0.3, 0.4) is 0 Å². The van der Waals surface area contributed by atoms with Crippen LogP contribution in [-0.2, 0) is 22.6 Å². The van der Waals surface area contributed by atoms with E-state index in [0.717, 1.165) is 25.1 Å². The largest absolute Gasteiger partial charge is 0.381 e. The average molecular weight is 348 g/mol. The molecule has 7 nitrogen and oxygen atoms in total. The molecule has 0 radical (unpaired) electrons. The van der Waals surface area contributed by atoms with E-state index in [-0.39, 0.29) is 23.1 Å². The molecular formula is C18H28N4O3. The topological polar surface area (TPSA) is 76.5 Å². The SMILES string of the molecule is CC(C)(C)CNC(=O)c1ncn2c1CN(C(=O)C1CCOC1)CCC2. The van der Waals surface area contributed by atoms with Gasteiger partial charge in [0.05, 0.1) is 31.1 Å². The Morgan fingerprint density at radius 3 is 2.84 bits per heavy atom. The molecule has 0 aromatic carbocycles. The molecule has 3 rings (SSSR count). The summed E-state index contributed by atoms with van der Waals surface area (Å²) in [5.74, 6) is -0.0805. The molecule has 2 amide bonds. The lowest BCUT2D eigenvalue weighted by Gasteiger charge is -2.23. The fourth-order valence-electron chi connectivity index (χ4n) is 3.25. The highest BCUT2D eigenvalue weighted by Gasteiger charge is 2.31. The van der Waals surface area contributed by atoms with Gasteiger partial charge in [0.25, 0.3) is 5.91 Å². The molecule has 0 bridgehead atoms. The molecule has 138 valence electrons. The van der Waals surface area contributed by atoms with Crippen LogP contribution in [0.15, 0.2) is 6.33 Å². The third kappa shape index (κ3) is 4.21. The summed E-state index contributed by atoms with van der Waals surface area (Å²) < 4.78 is 7.36. The number of aryl methyl sites for hydroxylation is 1. The maximum Gasteiger partial charge on any atom is 0.271 e. The Balaban J connectivity index is 1.74. The highest BCUT2D eigenvalue weighted by molar-refractivity contribution is 5.93. The minimum atomic E-state index is -0.165. The standard InChI is InChI=1S/C18H28N4O3/c1-18(2,3)11-19-16(23)15-14-9-21(6-4-7-22(14)12-20-15)17(24)13-5-8-25-10-13/h12-13H,4-11H2,1-3H3,(H,19,23). The van der Waals surface area contributed by atoms with Crippen molar-refractivity contribution in [3.8, 4) is 0 Å². The van der Waals surface area contributed by atoms with E-state index in [1.54, 1.807) is 6.33 Å². The molecule has 1 aromatic rings. The first-order valence-corrected chi connectivity index (χ1v) is 9.04. The van der Waals surface area contributed by atoms with Crippen LogP contribution in [0, 0.1) is 11.3 Å². The first-order chi connectivity index (χ1) is 11.8. The maximum atomic E-state index is 12.7. The van der Waals surface area contributed by atoms with E-state index in [4.69, 9.17) is 4.74 Å². The molecule has 3 heterocycles. The average Bonchev–Trinajstić information content (AvgIpc) is 3.17. The highest BCUT2D eigenvalue weighted by Crippen LogP contribution is 2.21. The first kappa shape index (κ1) is 17.9. The number of carbonyl (C=O) groups excluding carboxylic acids is 2. The normalized spacial score (nSPS) is 20.9. The van der Waals surface area contributed by atoms with E-state index in [2.05, 4.69) is 31.1 Å². The van der Waals surface area contributed by atoms with E-state index in [1.807, 2.05) is 9.47 Å². The van der Waals surface area contributed by atoms with Crippen LogP contribution in [0.1, 0.15) is 49.8 Å². The summed E-state index contributed by atoms with van der Waals surface area (Å²) >= 11 is 0. The van der Waals surface area contributed by atoms with Gasteiger partial charge in [-0.05, 0) is 18.3 Å². The summed E-state index contributed by atoms with van der Waals surface area (Å²) in [6, 6.07) is 0. The number of imidazole rings is 1. The Hall–Kier alpha value is -1.89. The van der Waals surface area contributed by atoms with Gasteiger partial charge < -0.3 is 19.5 Å². The number of hydrogen-bond donors (Lipinski definition) is 1. The van der Waals surface area contributed by atoms with Crippen LogP contribution in [0.5, 0.6) is 0 Å². The van der Waals surface area contributed by atoms with Gasteiger partial charge in [-0.15, -0.1) is 0 Å². The van der Waals surface area contributed by atoms with Crippen molar-refractivity contribution in [2.75, 3.05) is 26.3 Å². The number of nitrogens with one attached hydrogen (secondary N) is 1. The number of nitrogens with zero attached hydrogens (tertiary/aromatic N) is 3. The molecule has 1 aromatic heterocycles. The Bertz CT molecular complexity index is 641. The van der Waals surface area contributed by atoms with Gasteiger partial charge in [0.1, 0.15) is 0 Å². The van der Waals surface area contributed by atoms with Crippen LogP contribution in [0.2, 0.25) is 0 Å². The van der Waals surface area contributed by atoms with Crippen molar-refractivity contribution >= 4 is 11.8 Å². The Morgan fingerprint density at radius 1 is 1.36 bits per heavy atom. The molecule has 1 atom stereocenters. The number of aromatic nitrogens is 2. The monoisotopic (exact) mass is 348 g/mol. The number of ether oxygens (including phenoxy) is 1. The van der Waals surface area contributed by atoms with Crippen LogP contribution in [0.4, 0.5) is 0 Å². The van der Waals surface area contributed by atoms with Gasteiger partial charge in [0.15, 0.2) is 5.69 Å². The van der Waals surface area contributed by atoms with Gasteiger partial charge in [0.2, 0.25) is 5.91 Å². The fraction of sp³-hybridized carbons (Fsp3) is 0.722. The first-order valence-electron chi connectivity index (χ1n) is 9.04. The van der Waals surface area contributed by atoms with Crippen molar-refractivity contribution in [1.29, 1.82) is 0 Å². The van der Waals surface area contributed by atoms with Crippen molar-refractivity contribution in [2.24, 2.45) is 11.3 Å². The van der Waals surface area contributed by atoms with E-state index in [9.17, 15) is 9.59 Å². The number of rotatable bonds is 3. The summed E-state index contributed by atoms with van der Waals surface area (Å²) in [4.78, 5) is 31.5. The fourth-order valence-corrected chi connectivity index (χ4v) is 3.25. The highest BCUT2D eigenvalue weighted by atomic mass is 16.5. The van der Waals surface area contributed by atoms with Crippen LogP contribution in [0.25, 0.3) is 0 Å². The Kier molecular flexibility index (Phi) is 5.13. The third-order valence-corrected chi connectivity index (χ3v) is 4.70. The van der Waals surface area contributed by atoms with Crippen molar-refractivity contribution in [3.05, 3.63) is 17.7 Å². The molecule has 1 saturated heterocycles. The van der Waals surface area contributed by atoms with E-state index in [0.29, 0.717) is 38.5 Å². The molecular weight excluding hydrogens is 320 g/mol. The van der Waals surface area contributed by atoms with E-state index >= 15 is 0 Å². The molecule has 0 saturated carbocycles. The predicted molar refractivity (Wildman–Crippen MR) is 93.0 cm³/mol. The van der Waals surface area contributed by atoms with Gasteiger partial charge in [0, 0.05) is 26.2 Å². The van der Waals surface area contributed by atoms with Gasteiger partial charge in [-0.1, -0.05) is 20.8 Å². The minimum Gasteiger partial charge on any atom is -0.381 e. The summed E-state index contributed by atoms with van der Waals surface area (Å²) in [7, 11) is 0. The summed E-state index contributed by atoms with van der Waals surface area (Å²) in [5, 5.41) is 2.96. The van der Waals surface area contributed by atoms with Gasteiger partial charge in [-0.3, -0.25) is 9.59 Å². The number of hydrogen-bond acceptors (Lipinski definition) is 4. The molecule has 7 heteroatoms. The molecule has 2 aliphatic rings. The van der Waals surface area contributed by atoms with Crippen molar-refractivity contribution < 1.29 is 14.3 Å². The van der Waals surface area contributed by atoms with Crippen LogP contribution in [-0.4, -0.2) is 52.6 Å². The van der Waals surface area contributed by atoms with Crippen molar-refractivity contribution in [1.82, 2.24) is 19.8 Å². The molecule has 1 N–H and O–H groups in total. The van der Waals surface area contributed by atoms with Crippen LogP contribution >= 0.6 is 0 Å². The summed E-state index contributed by atoms with van der Waals surface area (Å²) in [6.45, 7) is 9.89. The van der Waals surface area contributed by atoms with Crippen molar-refractivity contribution in [2.45, 2.75) is 46.7 Å². The van der Waals surface area contributed by atoms with E-state index < -0.39 is 0 Å². The zero-order valence-corrected chi connectivity index (χ0v) is 15.4. The molecule has 1 fully saturated rings. The lowest BCUT2D eigenvalue weighted by molar-refractivity contribution is -0.136. The van der Waals surface area contributed by atoms with Crippen molar-refractivity contribution in [3.63, 3.8) is 0 Å². The second-order valence-corrected chi connectivity index (χ2v) is 8.15. The van der Waals surface area contributed by atoms with Gasteiger partial charge in [-0.2, -0.15) is 0 Å². The van der Waals surface area contributed by atoms with Gasteiger partial charge in [-0.25, -0.2) is 4.98 Å². The number of carbonyl (C=O) groups is 2. The molecule has 25 heavy (non-hydrogen) atoms. The zero-order valence-electron chi connectivity index (χ0n) is 15.4. The number of fused-ring (bicyclic) bond motifs is 1.